The van der Waals surface area contributed by atoms with Gasteiger partial charge in [0.2, 0.25) is 0 Å². The van der Waals surface area contributed by atoms with Crippen molar-refractivity contribution >= 4 is 23.0 Å². The van der Waals surface area contributed by atoms with E-state index in [0.717, 1.165) is 27.7 Å². The number of hydrogen-bond acceptors (Lipinski definition) is 3. The fourth-order valence-electron chi connectivity index (χ4n) is 3.18. The van der Waals surface area contributed by atoms with Crippen molar-refractivity contribution < 1.29 is 19.4 Å². The average Bonchev–Trinajstić information content (AvgIpc) is 2.75. The molecule has 26 heavy (non-hydrogen) atoms. The Hall–Kier alpha value is -2.50. The summed E-state index contributed by atoms with van der Waals surface area (Å²) >= 11 is 0. The van der Waals surface area contributed by atoms with Gasteiger partial charge in [-0.2, -0.15) is 0 Å². The molecule has 0 saturated carbocycles. The SMILES string of the molecule is Cc1cccc2c1c(CC(C(=O)O)N(C)C(=O)OC(C)(C)C)c(C)n2C. The van der Waals surface area contributed by atoms with Gasteiger partial charge in [0.1, 0.15) is 11.6 Å². The molecule has 0 radical (unpaired) electrons. The third-order valence-electron chi connectivity index (χ3n) is 4.69. The highest BCUT2D eigenvalue weighted by Crippen LogP contribution is 2.29. The summed E-state index contributed by atoms with van der Waals surface area (Å²) in [5.41, 5.74) is 3.41. The molecular weight excluding hydrogens is 332 g/mol. The first-order chi connectivity index (χ1) is 11.9. The minimum Gasteiger partial charge on any atom is -0.480 e. The lowest BCUT2D eigenvalue weighted by atomic mass is 9.99. The summed E-state index contributed by atoms with van der Waals surface area (Å²) in [5.74, 6) is -1.05. The predicted octanol–water partition coefficient (Wildman–Crippen LogP) is 3.66. The first kappa shape index (κ1) is 19.8. The summed E-state index contributed by atoms with van der Waals surface area (Å²) in [6, 6.07) is 5.02. The average molecular weight is 360 g/mol. The van der Waals surface area contributed by atoms with Gasteiger partial charge in [-0.1, -0.05) is 12.1 Å². The molecule has 0 spiro atoms. The zero-order valence-electron chi connectivity index (χ0n) is 16.6. The standard InChI is InChI=1S/C20H28N2O4/c1-12-9-8-10-15-17(12)14(13(2)21(15)6)11-16(18(23)24)22(7)19(25)26-20(3,4)5/h8-10,16H,11H2,1-7H3,(H,23,24). The normalized spacial score (nSPS) is 12.9. The topological polar surface area (TPSA) is 71.8 Å². The van der Waals surface area contributed by atoms with E-state index in [1.54, 1.807) is 20.8 Å². The number of aromatic nitrogens is 1. The van der Waals surface area contributed by atoms with E-state index in [4.69, 9.17) is 4.74 Å². The van der Waals surface area contributed by atoms with Crippen molar-refractivity contribution in [2.24, 2.45) is 7.05 Å². The summed E-state index contributed by atoms with van der Waals surface area (Å²) in [4.78, 5) is 25.4. The van der Waals surface area contributed by atoms with Crippen molar-refractivity contribution in [3.63, 3.8) is 0 Å². The number of carbonyl (C=O) groups is 2. The van der Waals surface area contributed by atoms with Crippen LogP contribution in [0, 0.1) is 13.8 Å². The van der Waals surface area contributed by atoms with E-state index in [1.165, 1.54) is 11.9 Å². The van der Waals surface area contributed by atoms with Crippen LogP contribution in [0.3, 0.4) is 0 Å². The minimum atomic E-state index is -1.05. The molecule has 6 heteroatoms. The van der Waals surface area contributed by atoms with Crippen LogP contribution in [0.5, 0.6) is 0 Å². The van der Waals surface area contributed by atoms with E-state index < -0.39 is 23.7 Å². The van der Waals surface area contributed by atoms with Gasteiger partial charge in [-0.15, -0.1) is 0 Å². The molecule has 0 aliphatic rings. The Morgan fingerprint density at radius 2 is 1.88 bits per heavy atom. The van der Waals surface area contributed by atoms with Crippen LogP contribution in [0.4, 0.5) is 4.79 Å². The van der Waals surface area contributed by atoms with Crippen LogP contribution in [0.25, 0.3) is 10.9 Å². The molecule has 0 fully saturated rings. The molecule has 1 aromatic heterocycles. The van der Waals surface area contributed by atoms with E-state index in [2.05, 4.69) is 4.57 Å². The summed E-state index contributed by atoms with van der Waals surface area (Å²) in [7, 11) is 3.44. The number of aliphatic carboxylic acids is 1. The Morgan fingerprint density at radius 1 is 1.27 bits per heavy atom. The number of nitrogens with zero attached hydrogens (tertiary/aromatic N) is 2. The molecule has 1 N–H and O–H groups in total. The molecule has 0 saturated heterocycles. The number of carboxylic acid groups (broad SMARTS) is 1. The van der Waals surface area contributed by atoms with E-state index >= 15 is 0 Å². The van der Waals surface area contributed by atoms with Crippen molar-refractivity contribution in [3.8, 4) is 0 Å². The number of carboxylic acids is 1. The van der Waals surface area contributed by atoms with Crippen molar-refractivity contribution in [3.05, 3.63) is 35.0 Å². The molecule has 0 bridgehead atoms. The number of aryl methyl sites for hydroxylation is 2. The van der Waals surface area contributed by atoms with Gasteiger partial charge in [-0.05, 0) is 51.8 Å². The molecule has 0 aliphatic heterocycles. The second kappa shape index (κ2) is 7.02. The highest BCUT2D eigenvalue weighted by Gasteiger charge is 2.32. The van der Waals surface area contributed by atoms with Gasteiger partial charge in [0, 0.05) is 37.1 Å². The fraction of sp³-hybridized carbons (Fsp3) is 0.500. The fourth-order valence-corrected chi connectivity index (χ4v) is 3.18. The van der Waals surface area contributed by atoms with Gasteiger partial charge in [0.05, 0.1) is 0 Å². The van der Waals surface area contributed by atoms with Crippen LogP contribution in [-0.2, 0) is 23.0 Å². The van der Waals surface area contributed by atoms with Crippen molar-refractivity contribution in [2.75, 3.05) is 7.05 Å². The Bertz CT molecular complexity index is 846. The quantitative estimate of drug-likeness (QED) is 0.903. The zero-order valence-corrected chi connectivity index (χ0v) is 16.6. The van der Waals surface area contributed by atoms with E-state index in [-0.39, 0.29) is 6.42 Å². The van der Waals surface area contributed by atoms with Crippen LogP contribution < -0.4 is 0 Å². The number of amides is 1. The number of hydrogen-bond donors (Lipinski definition) is 1. The molecule has 1 amide bonds. The number of fused-ring (bicyclic) bond motifs is 1. The summed E-state index contributed by atoms with van der Waals surface area (Å²) in [6.07, 6.45) is -0.418. The largest absolute Gasteiger partial charge is 0.480 e. The maximum atomic E-state index is 12.4. The first-order valence-corrected chi connectivity index (χ1v) is 8.66. The van der Waals surface area contributed by atoms with Gasteiger partial charge in [0.15, 0.2) is 0 Å². The number of benzene rings is 1. The summed E-state index contributed by atoms with van der Waals surface area (Å²) in [5, 5.41) is 10.8. The van der Waals surface area contributed by atoms with Crippen molar-refractivity contribution in [1.29, 1.82) is 0 Å². The van der Waals surface area contributed by atoms with E-state index in [0.29, 0.717) is 0 Å². The van der Waals surface area contributed by atoms with E-state index in [9.17, 15) is 14.7 Å². The van der Waals surface area contributed by atoms with Crippen LogP contribution in [-0.4, -0.2) is 45.3 Å². The predicted molar refractivity (Wildman–Crippen MR) is 102 cm³/mol. The van der Waals surface area contributed by atoms with Crippen molar-refractivity contribution in [1.82, 2.24) is 9.47 Å². The Morgan fingerprint density at radius 3 is 2.42 bits per heavy atom. The molecule has 142 valence electrons. The monoisotopic (exact) mass is 360 g/mol. The van der Waals surface area contributed by atoms with Crippen LogP contribution in [0.2, 0.25) is 0 Å². The molecule has 0 aliphatic carbocycles. The third kappa shape index (κ3) is 3.84. The lowest BCUT2D eigenvalue weighted by molar-refractivity contribution is -0.142. The van der Waals surface area contributed by atoms with Gasteiger partial charge in [-0.25, -0.2) is 9.59 Å². The lowest BCUT2D eigenvalue weighted by Gasteiger charge is -2.28. The Kier molecular flexibility index (Phi) is 5.35. The second-order valence-electron chi connectivity index (χ2n) is 7.74. The number of carbonyl (C=O) groups excluding carboxylic acids is 1. The maximum absolute atomic E-state index is 12.4. The summed E-state index contributed by atoms with van der Waals surface area (Å²) in [6.45, 7) is 9.26. The smallest absolute Gasteiger partial charge is 0.410 e. The number of likely N-dealkylation sites (N-methyl/N-ethyl adjacent to an activating group) is 1. The first-order valence-electron chi connectivity index (χ1n) is 8.66. The van der Waals surface area contributed by atoms with Gasteiger partial charge in [0.25, 0.3) is 0 Å². The molecule has 2 rings (SSSR count). The van der Waals surface area contributed by atoms with Crippen LogP contribution in [0.15, 0.2) is 18.2 Å². The van der Waals surface area contributed by atoms with Gasteiger partial charge >= 0.3 is 12.1 Å². The maximum Gasteiger partial charge on any atom is 0.410 e. The molecular formula is C20H28N2O4. The van der Waals surface area contributed by atoms with Crippen molar-refractivity contribution in [2.45, 2.75) is 52.7 Å². The second-order valence-corrected chi connectivity index (χ2v) is 7.74. The molecule has 1 atom stereocenters. The Labute approximate surface area is 154 Å². The summed E-state index contributed by atoms with van der Waals surface area (Å²) < 4.78 is 7.39. The molecule has 1 heterocycles. The highest BCUT2D eigenvalue weighted by atomic mass is 16.6. The lowest BCUT2D eigenvalue weighted by Crippen LogP contribution is -2.46. The minimum absolute atomic E-state index is 0.221. The molecule has 2 aromatic rings. The van der Waals surface area contributed by atoms with Gasteiger partial charge in [-0.3, -0.25) is 4.90 Å². The van der Waals surface area contributed by atoms with Crippen LogP contribution in [0.1, 0.15) is 37.6 Å². The van der Waals surface area contributed by atoms with Gasteiger partial charge < -0.3 is 14.4 Å². The third-order valence-corrected chi connectivity index (χ3v) is 4.69. The molecule has 6 nitrogen and oxygen atoms in total. The molecule has 1 aromatic carbocycles. The highest BCUT2D eigenvalue weighted by molar-refractivity contribution is 5.90. The number of ether oxygens (including phenoxy) is 1. The molecule has 1 unspecified atom stereocenters. The zero-order chi connectivity index (χ0) is 19.8. The Balaban J connectivity index is 2.43. The van der Waals surface area contributed by atoms with Crippen LogP contribution >= 0.6 is 0 Å². The number of rotatable bonds is 4. The van der Waals surface area contributed by atoms with E-state index in [1.807, 2.05) is 39.1 Å².